The van der Waals surface area contributed by atoms with Gasteiger partial charge in [-0.15, -0.1) is 6.58 Å². The van der Waals surface area contributed by atoms with E-state index in [2.05, 4.69) is 77.5 Å². The monoisotopic (exact) mass is 354 g/mol. The molecule has 4 aromatic carbocycles. The van der Waals surface area contributed by atoms with Crippen molar-refractivity contribution in [1.29, 1.82) is 0 Å². The molecular formula is C25H26N2. The minimum atomic E-state index is 0.453. The number of piperazine rings is 1. The molecule has 1 heterocycles. The van der Waals surface area contributed by atoms with Crippen molar-refractivity contribution in [1.82, 2.24) is 10.2 Å². The minimum Gasteiger partial charge on any atom is -0.314 e. The van der Waals surface area contributed by atoms with E-state index in [0.717, 1.165) is 39.0 Å². The van der Waals surface area contributed by atoms with Crippen molar-refractivity contribution >= 4 is 32.3 Å². The molecule has 1 fully saturated rings. The Bertz CT molecular complexity index is 1080. The standard InChI is InChI=1S/C25H26N2/c1-2-3-7-23(27-16-14-26-15-17-27)21-12-10-20-9-8-18-5-4-6-19-11-13-22(21)25(20)24(18)19/h2,4-6,8-13,23,26H,1,3,7,14-17H2/t23-/m0/s1. The second kappa shape index (κ2) is 6.95. The van der Waals surface area contributed by atoms with E-state index < -0.39 is 0 Å². The maximum Gasteiger partial charge on any atom is 0.0358 e. The molecule has 5 rings (SSSR count). The molecule has 0 aliphatic carbocycles. The number of allylic oxidation sites excluding steroid dienone is 1. The third-order valence-electron chi connectivity index (χ3n) is 6.16. The lowest BCUT2D eigenvalue weighted by Crippen LogP contribution is -2.45. The molecule has 0 unspecified atom stereocenters. The van der Waals surface area contributed by atoms with Crippen LogP contribution in [0.1, 0.15) is 24.4 Å². The van der Waals surface area contributed by atoms with Crippen LogP contribution in [-0.2, 0) is 0 Å². The van der Waals surface area contributed by atoms with E-state index in [1.54, 1.807) is 0 Å². The van der Waals surface area contributed by atoms with Crippen LogP contribution in [0.2, 0.25) is 0 Å². The molecule has 0 bridgehead atoms. The van der Waals surface area contributed by atoms with Gasteiger partial charge in [-0.05, 0) is 50.7 Å². The van der Waals surface area contributed by atoms with Crippen LogP contribution < -0.4 is 5.32 Å². The van der Waals surface area contributed by atoms with Crippen LogP contribution in [0, 0.1) is 0 Å². The number of nitrogens with one attached hydrogen (secondary N) is 1. The summed E-state index contributed by atoms with van der Waals surface area (Å²) in [6, 6.07) is 21.0. The zero-order valence-corrected chi connectivity index (χ0v) is 15.7. The van der Waals surface area contributed by atoms with E-state index in [4.69, 9.17) is 0 Å². The van der Waals surface area contributed by atoms with Crippen molar-refractivity contribution in [3.8, 4) is 0 Å². The summed E-state index contributed by atoms with van der Waals surface area (Å²) in [5.74, 6) is 0. The Hall–Kier alpha value is -2.42. The molecule has 2 heteroatoms. The lowest BCUT2D eigenvalue weighted by Gasteiger charge is -2.36. The molecular weight excluding hydrogens is 328 g/mol. The van der Waals surface area contributed by atoms with Gasteiger partial charge in [0.15, 0.2) is 0 Å². The Labute approximate surface area is 160 Å². The molecule has 1 aliphatic heterocycles. The van der Waals surface area contributed by atoms with Gasteiger partial charge >= 0.3 is 0 Å². The molecule has 0 saturated carbocycles. The number of rotatable bonds is 5. The molecule has 1 aliphatic rings. The van der Waals surface area contributed by atoms with Gasteiger partial charge in [0.25, 0.3) is 0 Å². The Kier molecular flexibility index (Phi) is 4.31. The highest BCUT2D eigenvalue weighted by Gasteiger charge is 2.24. The van der Waals surface area contributed by atoms with Gasteiger partial charge in [0.05, 0.1) is 0 Å². The van der Waals surface area contributed by atoms with Crippen molar-refractivity contribution in [2.24, 2.45) is 0 Å². The number of benzene rings is 4. The lowest BCUT2D eigenvalue weighted by atomic mass is 9.88. The fraction of sp³-hybridized carbons (Fsp3) is 0.280. The van der Waals surface area contributed by atoms with Gasteiger partial charge in [-0.1, -0.05) is 60.7 Å². The normalized spacial score (nSPS) is 17.0. The third-order valence-corrected chi connectivity index (χ3v) is 6.16. The quantitative estimate of drug-likeness (QED) is 0.376. The second-order valence-electron chi connectivity index (χ2n) is 7.68. The Morgan fingerprint density at radius 1 is 0.889 bits per heavy atom. The summed E-state index contributed by atoms with van der Waals surface area (Å²) in [5.41, 5.74) is 1.48. The van der Waals surface area contributed by atoms with Crippen LogP contribution in [-0.4, -0.2) is 31.1 Å². The maximum absolute atomic E-state index is 3.97. The third kappa shape index (κ3) is 2.80. The van der Waals surface area contributed by atoms with E-state index in [-0.39, 0.29) is 0 Å². The van der Waals surface area contributed by atoms with Gasteiger partial charge in [-0.3, -0.25) is 4.90 Å². The first-order valence-electron chi connectivity index (χ1n) is 10.1. The highest BCUT2D eigenvalue weighted by Crippen LogP contribution is 2.39. The molecule has 2 nitrogen and oxygen atoms in total. The number of nitrogens with zero attached hydrogens (tertiary/aromatic N) is 1. The second-order valence-corrected chi connectivity index (χ2v) is 7.68. The smallest absolute Gasteiger partial charge is 0.0358 e. The summed E-state index contributed by atoms with van der Waals surface area (Å²) in [6.45, 7) is 8.36. The van der Waals surface area contributed by atoms with Crippen LogP contribution in [0.3, 0.4) is 0 Å². The van der Waals surface area contributed by atoms with Crippen molar-refractivity contribution < 1.29 is 0 Å². The van der Waals surface area contributed by atoms with Gasteiger partial charge in [0.2, 0.25) is 0 Å². The maximum atomic E-state index is 3.97. The first-order chi connectivity index (χ1) is 13.4. The first-order valence-corrected chi connectivity index (χ1v) is 10.1. The molecule has 1 atom stereocenters. The van der Waals surface area contributed by atoms with Crippen molar-refractivity contribution in [3.05, 3.63) is 72.8 Å². The SMILES string of the molecule is C=CCC[C@@H](c1ccc2ccc3cccc4ccc1c2c34)N1CCNCC1. The molecule has 0 amide bonds. The van der Waals surface area contributed by atoms with Gasteiger partial charge in [-0.2, -0.15) is 0 Å². The summed E-state index contributed by atoms with van der Waals surface area (Å²) in [4.78, 5) is 2.66. The molecule has 1 N–H and O–H groups in total. The zero-order chi connectivity index (χ0) is 18.2. The van der Waals surface area contributed by atoms with Crippen molar-refractivity contribution in [3.63, 3.8) is 0 Å². The van der Waals surface area contributed by atoms with Crippen molar-refractivity contribution in [2.75, 3.05) is 26.2 Å². The van der Waals surface area contributed by atoms with E-state index in [1.165, 1.54) is 37.9 Å². The first kappa shape index (κ1) is 16.7. The minimum absolute atomic E-state index is 0.453. The molecule has 136 valence electrons. The molecule has 4 aromatic rings. The average molecular weight is 354 g/mol. The van der Waals surface area contributed by atoms with Gasteiger partial charge in [0, 0.05) is 32.2 Å². The Balaban J connectivity index is 1.74. The predicted octanol–water partition coefficient (Wildman–Crippen LogP) is 5.50. The molecule has 0 spiro atoms. The van der Waals surface area contributed by atoms with Crippen LogP contribution in [0.5, 0.6) is 0 Å². The Morgan fingerprint density at radius 3 is 2.30 bits per heavy atom. The van der Waals surface area contributed by atoms with Crippen LogP contribution in [0.4, 0.5) is 0 Å². The van der Waals surface area contributed by atoms with E-state index in [1.807, 2.05) is 0 Å². The number of hydrogen-bond acceptors (Lipinski definition) is 2. The van der Waals surface area contributed by atoms with Crippen molar-refractivity contribution in [2.45, 2.75) is 18.9 Å². The van der Waals surface area contributed by atoms with E-state index >= 15 is 0 Å². The lowest BCUT2D eigenvalue weighted by molar-refractivity contribution is 0.167. The zero-order valence-electron chi connectivity index (χ0n) is 15.7. The summed E-state index contributed by atoms with van der Waals surface area (Å²) >= 11 is 0. The average Bonchev–Trinajstić information content (AvgIpc) is 2.74. The fourth-order valence-electron chi connectivity index (χ4n) is 4.85. The highest BCUT2D eigenvalue weighted by molar-refractivity contribution is 6.23. The van der Waals surface area contributed by atoms with E-state index in [9.17, 15) is 0 Å². The molecule has 1 saturated heterocycles. The number of hydrogen-bond donors (Lipinski definition) is 1. The topological polar surface area (TPSA) is 15.3 Å². The fourth-order valence-corrected chi connectivity index (χ4v) is 4.85. The van der Waals surface area contributed by atoms with Crippen LogP contribution in [0.15, 0.2) is 67.3 Å². The highest BCUT2D eigenvalue weighted by atomic mass is 15.2. The molecule has 0 radical (unpaired) electrons. The molecule has 0 aromatic heterocycles. The summed E-state index contributed by atoms with van der Waals surface area (Å²) in [6.07, 6.45) is 4.25. The van der Waals surface area contributed by atoms with Crippen LogP contribution >= 0.6 is 0 Å². The van der Waals surface area contributed by atoms with Crippen LogP contribution in [0.25, 0.3) is 32.3 Å². The largest absolute Gasteiger partial charge is 0.314 e. The van der Waals surface area contributed by atoms with Gasteiger partial charge in [0.1, 0.15) is 0 Å². The summed E-state index contributed by atoms with van der Waals surface area (Å²) < 4.78 is 0. The Morgan fingerprint density at radius 2 is 1.56 bits per heavy atom. The van der Waals surface area contributed by atoms with Gasteiger partial charge < -0.3 is 5.32 Å². The molecule has 27 heavy (non-hydrogen) atoms. The van der Waals surface area contributed by atoms with Gasteiger partial charge in [-0.25, -0.2) is 0 Å². The summed E-state index contributed by atoms with van der Waals surface area (Å²) in [5, 5.41) is 11.8. The predicted molar refractivity (Wildman–Crippen MR) is 117 cm³/mol. The van der Waals surface area contributed by atoms with E-state index in [0.29, 0.717) is 6.04 Å². The summed E-state index contributed by atoms with van der Waals surface area (Å²) in [7, 11) is 0.